The average Bonchev–Trinajstić information content (AvgIpc) is 2.83. The molecule has 0 aromatic heterocycles. The Kier molecular flexibility index (Phi) is 7.30. The number of carbonyl (C=O) groups excluding carboxylic acids is 2. The number of nitrogens with zero attached hydrogens (tertiary/aromatic N) is 1. The predicted molar refractivity (Wildman–Crippen MR) is 132 cm³/mol. The van der Waals surface area contributed by atoms with E-state index in [9.17, 15) is 18.0 Å². The summed E-state index contributed by atoms with van der Waals surface area (Å²) in [7, 11) is -3.84. The van der Waals surface area contributed by atoms with Gasteiger partial charge in [0.05, 0.1) is 17.4 Å². The van der Waals surface area contributed by atoms with Gasteiger partial charge in [-0.05, 0) is 48.7 Å². The van der Waals surface area contributed by atoms with Crippen LogP contribution in [-0.2, 0) is 26.0 Å². The third-order valence-electron chi connectivity index (χ3n) is 5.88. The van der Waals surface area contributed by atoms with Crippen LogP contribution in [0, 0.1) is 6.92 Å². The van der Waals surface area contributed by atoms with Crippen LogP contribution in [0.25, 0.3) is 0 Å². The fraction of sp³-hybridized carbons (Fsp3) is 0.231. The van der Waals surface area contributed by atoms with Crippen LogP contribution in [0.15, 0.2) is 82.2 Å². The standard InChI is InChI=1S/C26H24BrNO5S/c1-18-6-12-22(13-7-18)34(31,32)28-15-14-19-4-2-3-5-23(19)24(28)16-26(30)33-17-25(29)20-8-10-21(27)11-9-20/h2-13,24H,14-17H2,1H3. The van der Waals surface area contributed by atoms with E-state index in [0.29, 0.717) is 12.0 Å². The van der Waals surface area contributed by atoms with E-state index in [1.807, 2.05) is 31.2 Å². The number of hydrogen-bond acceptors (Lipinski definition) is 5. The molecule has 0 fully saturated rings. The molecule has 0 saturated carbocycles. The van der Waals surface area contributed by atoms with E-state index in [1.165, 1.54) is 4.31 Å². The van der Waals surface area contributed by atoms with E-state index in [1.54, 1.807) is 48.5 Å². The summed E-state index contributed by atoms with van der Waals surface area (Å²) < 4.78 is 34.5. The van der Waals surface area contributed by atoms with Crippen molar-refractivity contribution in [3.05, 3.63) is 99.5 Å². The van der Waals surface area contributed by atoms with Gasteiger partial charge >= 0.3 is 5.97 Å². The van der Waals surface area contributed by atoms with Gasteiger partial charge in [-0.15, -0.1) is 0 Å². The minimum atomic E-state index is -3.84. The van der Waals surface area contributed by atoms with E-state index in [0.717, 1.165) is 21.2 Å². The molecule has 0 bridgehead atoms. The van der Waals surface area contributed by atoms with Gasteiger partial charge in [0.15, 0.2) is 12.4 Å². The molecule has 1 atom stereocenters. The van der Waals surface area contributed by atoms with E-state index in [4.69, 9.17) is 4.74 Å². The lowest BCUT2D eigenvalue weighted by molar-refractivity contribution is -0.143. The maximum atomic E-state index is 13.5. The molecule has 3 aromatic carbocycles. The zero-order valence-corrected chi connectivity index (χ0v) is 21.0. The Balaban J connectivity index is 1.54. The van der Waals surface area contributed by atoms with Crippen molar-refractivity contribution in [2.24, 2.45) is 0 Å². The highest BCUT2D eigenvalue weighted by Gasteiger charge is 2.37. The first kappa shape index (κ1) is 24.3. The van der Waals surface area contributed by atoms with Crippen molar-refractivity contribution in [3.63, 3.8) is 0 Å². The molecule has 1 unspecified atom stereocenters. The molecular formula is C26H24BrNO5S. The molecule has 1 heterocycles. The van der Waals surface area contributed by atoms with Gasteiger partial charge in [-0.3, -0.25) is 9.59 Å². The van der Waals surface area contributed by atoms with Crippen LogP contribution in [0.1, 0.15) is 39.5 Å². The quantitative estimate of drug-likeness (QED) is 0.315. The lowest BCUT2D eigenvalue weighted by Crippen LogP contribution is -2.41. The lowest BCUT2D eigenvalue weighted by Gasteiger charge is -2.36. The van der Waals surface area contributed by atoms with Crippen molar-refractivity contribution in [3.8, 4) is 0 Å². The predicted octanol–water partition coefficient (Wildman–Crippen LogP) is 4.86. The Labute approximate surface area is 207 Å². The van der Waals surface area contributed by atoms with Gasteiger partial charge in [-0.1, -0.05) is 70.0 Å². The molecule has 6 nitrogen and oxygen atoms in total. The van der Waals surface area contributed by atoms with Crippen LogP contribution in [0.3, 0.4) is 0 Å². The van der Waals surface area contributed by atoms with Crippen molar-refractivity contribution in [2.45, 2.75) is 30.7 Å². The van der Waals surface area contributed by atoms with Crippen molar-refractivity contribution in [1.29, 1.82) is 0 Å². The summed E-state index contributed by atoms with van der Waals surface area (Å²) in [6.07, 6.45) is 0.366. The van der Waals surface area contributed by atoms with Crippen molar-refractivity contribution in [2.75, 3.05) is 13.2 Å². The summed E-state index contributed by atoms with van der Waals surface area (Å²) in [5.41, 5.74) is 3.17. The van der Waals surface area contributed by atoms with Gasteiger partial charge in [-0.2, -0.15) is 4.31 Å². The van der Waals surface area contributed by atoms with Gasteiger partial charge in [0.2, 0.25) is 10.0 Å². The fourth-order valence-corrected chi connectivity index (χ4v) is 5.93. The molecule has 0 aliphatic carbocycles. The number of ether oxygens (including phenoxy) is 1. The minimum Gasteiger partial charge on any atom is -0.457 e. The van der Waals surface area contributed by atoms with Crippen LogP contribution < -0.4 is 0 Å². The summed E-state index contributed by atoms with van der Waals surface area (Å²) in [5.74, 6) is -0.953. The highest BCUT2D eigenvalue weighted by atomic mass is 79.9. The third-order valence-corrected chi connectivity index (χ3v) is 8.33. The molecular weight excluding hydrogens is 518 g/mol. The number of carbonyl (C=O) groups is 2. The first-order valence-corrected chi connectivity index (χ1v) is 13.1. The Morgan fingerprint density at radius 2 is 1.68 bits per heavy atom. The Hall–Kier alpha value is -2.81. The summed E-state index contributed by atoms with van der Waals surface area (Å²) in [6.45, 7) is 1.74. The summed E-state index contributed by atoms with van der Waals surface area (Å²) in [5, 5.41) is 0. The molecule has 0 saturated heterocycles. The van der Waals surface area contributed by atoms with Crippen LogP contribution in [0.4, 0.5) is 0 Å². The van der Waals surface area contributed by atoms with E-state index in [-0.39, 0.29) is 23.6 Å². The maximum Gasteiger partial charge on any atom is 0.308 e. The molecule has 1 aliphatic heterocycles. The number of Topliss-reactive ketones (excluding diaryl/α,β-unsaturated/α-hetero) is 1. The van der Waals surface area contributed by atoms with Gasteiger partial charge < -0.3 is 4.74 Å². The number of halogens is 1. The number of fused-ring (bicyclic) bond motifs is 1. The number of ketones is 1. The van der Waals surface area contributed by atoms with Crippen molar-refractivity contribution in [1.82, 2.24) is 4.31 Å². The molecule has 0 N–H and O–H groups in total. The fourth-order valence-electron chi connectivity index (χ4n) is 4.06. The zero-order chi connectivity index (χ0) is 24.3. The van der Waals surface area contributed by atoms with Crippen LogP contribution >= 0.6 is 15.9 Å². The largest absolute Gasteiger partial charge is 0.457 e. The molecule has 1 aliphatic rings. The normalized spacial score (nSPS) is 16.0. The first-order valence-electron chi connectivity index (χ1n) is 10.9. The number of esters is 1. The Morgan fingerprint density at radius 3 is 2.38 bits per heavy atom. The summed E-state index contributed by atoms with van der Waals surface area (Å²) >= 11 is 3.32. The number of benzene rings is 3. The average molecular weight is 542 g/mol. The molecule has 8 heteroatoms. The lowest BCUT2D eigenvalue weighted by atomic mass is 9.92. The van der Waals surface area contributed by atoms with Gasteiger partial charge in [0.1, 0.15) is 0 Å². The number of aryl methyl sites for hydroxylation is 1. The van der Waals surface area contributed by atoms with Crippen LogP contribution in [-0.4, -0.2) is 37.6 Å². The second kappa shape index (κ2) is 10.2. The molecule has 4 rings (SSSR count). The van der Waals surface area contributed by atoms with Gasteiger partial charge in [-0.25, -0.2) is 8.42 Å². The summed E-state index contributed by atoms with van der Waals surface area (Å²) in [4.78, 5) is 25.3. The van der Waals surface area contributed by atoms with E-state index < -0.39 is 28.6 Å². The highest BCUT2D eigenvalue weighted by Crippen LogP contribution is 2.36. The second-order valence-corrected chi connectivity index (χ2v) is 11.0. The highest BCUT2D eigenvalue weighted by molar-refractivity contribution is 9.10. The number of rotatable bonds is 7. The van der Waals surface area contributed by atoms with Crippen LogP contribution in [0.5, 0.6) is 0 Å². The van der Waals surface area contributed by atoms with Crippen molar-refractivity contribution >= 4 is 37.7 Å². The summed E-state index contributed by atoms with van der Waals surface area (Å²) in [6, 6.07) is 20.2. The molecule has 3 aromatic rings. The van der Waals surface area contributed by atoms with Gasteiger partial charge in [0.25, 0.3) is 0 Å². The minimum absolute atomic E-state index is 0.182. The smallest absolute Gasteiger partial charge is 0.308 e. The van der Waals surface area contributed by atoms with Crippen molar-refractivity contribution < 1.29 is 22.7 Å². The molecule has 0 radical (unpaired) electrons. The zero-order valence-electron chi connectivity index (χ0n) is 18.6. The van der Waals surface area contributed by atoms with Gasteiger partial charge in [0, 0.05) is 16.6 Å². The monoisotopic (exact) mass is 541 g/mol. The topological polar surface area (TPSA) is 80.8 Å². The molecule has 0 spiro atoms. The number of sulfonamides is 1. The Morgan fingerprint density at radius 1 is 1.00 bits per heavy atom. The molecule has 176 valence electrons. The molecule has 34 heavy (non-hydrogen) atoms. The van der Waals surface area contributed by atoms with E-state index in [2.05, 4.69) is 15.9 Å². The number of hydrogen-bond donors (Lipinski definition) is 0. The third kappa shape index (κ3) is 5.29. The Bertz CT molecular complexity index is 1300. The van der Waals surface area contributed by atoms with Crippen LogP contribution in [0.2, 0.25) is 0 Å². The first-order chi connectivity index (χ1) is 16.3. The second-order valence-electron chi connectivity index (χ2n) is 8.19. The maximum absolute atomic E-state index is 13.5. The molecule has 0 amide bonds. The van der Waals surface area contributed by atoms with E-state index >= 15 is 0 Å². The SMILES string of the molecule is Cc1ccc(S(=O)(=O)N2CCc3ccccc3C2CC(=O)OCC(=O)c2ccc(Br)cc2)cc1.